The molecule has 106 valence electrons. The molecule has 0 saturated heterocycles. The Bertz CT molecular complexity index is 996. The van der Waals surface area contributed by atoms with Crippen LogP contribution in [0.5, 0.6) is 0 Å². The topological polar surface area (TPSA) is 0 Å². The molecule has 3 aromatic rings. The van der Waals surface area contributed by atoms with E-state index in [0.29, 0.717) is 0 Å². The Morgan fingerprint density at radius 2 is 1.50 bits per heavy atom. The van der Waals surface area contributed by atoms with E-state index < -0.39 is 0 Å². The van der Waals surface area contributed by atoms with Gasteiger partial charge in [0.25, 0.3) is 0 Å². The third-order valence-electron chi connectivity index (χ3n) is 4.73. The van der Waals surface area contributed by atoms with Crippen LogP contribution in [0.4, 0.5) is 0 Å². The van der Waals surface area contributed by atoms with Crippen LogP contribution < -0.4 is 0 Å². The average molecular weight is 300 g/mol. The summed E-state index contributed by atoms with van der Waals surface area (Å²) in [6.07, 6.45) is 17.0. The van der Waals surface area contributed by atoms with Crippen molar-refractivity contribution in [1.82, 2.24) is 0 Å². The SMILES string of the molecule is C1=Cc2ccc3c(sc4c5c(ccc43)C=CCC5)c2C=CC1. The molecule has 1 heteroatoms. The second kappa shape index (κ2) is 4.69. The monoisotopic (exact) mass is 300 g/mol. The Morgan fingerprint density at radius 1 is 0.727 bits per heavy atom. The Balaban J connectivity index is 1.93. The Labute approximate surface area is 134 Å². The average Bonchev–Trinajstić information content (AvgIpc) is 2.78. The first-order chi connectivity index (χ1) is 10.9. The van der Waals surface area contributed by atoms with Crippen LogP contribution >= 0.6 is 11.3 Å². The number of fused-ring (bicyclic) bond motifs is 7. The number of benzene rings is 2. The number of aryl methyl sites for hydroxylation is 1. The van der Waals surface area contributed by atoms with Gasteiger partial charge >= 0.3 is 0 Å². The van der Waals surface area contributed by atoms with Gasteiger partial charge in [-0.15, -0.1) is 11.3 Å². The smallest absolute Gasteiger partial charge is 0.0433 e. The number of hydrogen-bond acceptors (Lipinski definition) is 1. The van der Waals surface area contributed by atoms with E-state index in [9.17, 15) is 0 Å². The molecule has 1 heterocycles. The Kier molecular flexibility index (Phi) is 2.65. The predicted octanol–water partition coefficient (Wildman–Crippen LogP) is 6.44. The van der Waals surface area contributed by atoms with Crippen molar-refractivity contribution in [1.29, 1.82) is 0 Å². The highest BCUT2D eigenvalue weighted by Crippen LogP contribution is 2.42. The van der Waals surface area contributed by atoms with Gasteiger partial charge in [0.2, 0.25) is 0 Å². The van der Waals surface area contributed by atoms with E-state index in [1.807, 2.05) is 11.3 Å². The van der Waals surface area contributed by atoms with E-state index in [0.717, 1.165) is 6.42 Å². The molecule has 22 heavy (non-hydrogen) atoms. The van der Waals surface area contributed by atoms with Gasteiger partial charge in [0, 0.05) is 20.2 Å². The van der Waals surface area contributed by atoms with Crippen LogP contribution in [0.1, 0.15) is 35.1 Å². The fourth-order valence-electron chi connectivity index (χ4n) is 3.64. The molecule has 0 saturated carbocycles. The zero-order valence-corrected chi connectivity index (χ0v) is 13.1. The van der Waals surface area contributed by atoms with Crippen LogP contribution in [0.15, 0.2) is 42.5 Å². The summed E-state index contributed by atoms with van der Waals surface area (Å²) in [6, 6.07) is 9.18. The maximum atomic E-state index is 2.31. The van der Waals surface area contributed by atoms with Crippen LogP contribution in [0.2, 0.25) is 0 Å². The Hall–Kier alpha value is -2.12. The number of rotatable bonds is 0. The van der Waals surface area contributed by atoms with Crippen LogP contribution in [-0.2, 0) is 6.42 Å². The fraction of sp³-hybridized carbons (Fsp3) is 0.143. The van der Waals surface area contributed by atoms with Crippen LogP contribution in [-0.4, -0.2) is 0 Å². The maximum Gasteiger partial charge on any atom is 0.0433 e. The molecule has 0 spiro atoms. The molecule has 0 N–H and O–H groups in total. The lowest BCUT2D eigenvalue weighted by Gasteiger charge is -2.10. The van der Waals surface area contributed by atoms with Crippen molar-refractivity contribution in [2.75, 3.05) is 0 Å². The second-order valence-electron chi connectivity index (χ2n) is 6.04. The second-order valence-corrected chi connectivity index (χ2v) is 7.06. The van der Waals surface area contributed by atoms with E-state index in [2.05, 4.69) is 60.7 Å². The van der Waals surface area contributed by atoms with Gasteiger partial charge in [0.1, 0.15) is 0 Å². The Morgan fingerprint density at radius 3 is 2.45 bits per heavy atom. The molecule has 0 atom stereocenters. The standard InChI is InChI=1S/C21H16S/c1-2-6-14-10-12-18-19-13-11-15-7-4-5-9-17(15)21(19)22-20(18)16(14)8-3-1/h2-4,6-8,10-13H,1,5,9H2. The van der Waals surface area contributed by atoms with Gasteiger partial charge in [-0.3, -0.25) is 0 Å². The van der Waals surface area contributed by atoms with Crippen LogP contribution in [0.25, 0.3) is 38.4 Å². The first kappa shape index (κ1) is 12.4. The van der Waals surface area contributed by atoms with Crippen molar-refractivity contribution in [3.8, 4) is 0 Å². The molecular weight excluding hydrogens is 284 g/mol. The minimum absolute atomic E-state index is 1.03. The molecular formula is C21H16S. The van der Waals surface area contributed by atoms with Crippen LogP contribution in [0, 0.1) is 0 Å². The lowest BCUT2D eigenvalue weighted by atomic mass is 9.95. The highest BCUT2D eigenvalue weighted by Gasteiger charge is 2.16. The molecule has 0 amide bonds. The summed E-state index contributed by atoms with van der Waals surface area (Å²) in [5.74, 6) is 0. The van der Waals surface area contributed by atoms with Gasteiger partial charge in [-0.05, 0) is 41.5 Å². The molecule has 2 aromatic carbocycles. The van der Waals surface area contributed by atoms with E-state index >= 15 is 0 Å². The summed E-state index contributed by atoms with van der Waals surface area (Å²) in [7, 11) is 0. The zero-order valence-electron chi connectivity index (χ0n) is 12.3. The summed E-state index contributed by atoms with van der Waals surface area (Å²) in [5, 5.41) is 2.84. The van der Waals surface area contributed by atoms with Crippen molar-refractivity contribution in [2.45, 2.75) is 19.3 Å². The lowest BCUT2D eigenvalue weighted by Crippen LogP contribution is -1.93. The minimum atomic E-state index is 1.03. The zero-order chi connectivity index (χ0) is 14.5. The number of allylic oxidation sites excluding steroid dienone is 3. The lowest BCUT2D eigenvalue weighted by molar-refractivity contribution is 1.000. The first-order valence-corrected chi connectivity index (χ1v) is 8.74. The van der Waals surface area contributed by atoms with Crippen molar-refractivity contribution in [2.24, 2.45) is 0 Å². The normalized spacial score (nSPS) is 16.0. The van der Waals surface area contributed by atoms with E-state index in [1.54, 1.807) is 5.56 Å². The largest absolute Gasteiger partial charge is 0.134 e. The third-order valence-corrected chi connectivity index (χ3v) is 6.05. The summed E-state index contributed by atoms with van der Waals surface area (Å²) in [6.45, 7) is 0. The van der Waals surface area contributed by atoms with Crippen LogP contribution in [0.3, 0.4) is 0 Å². The molecule has 2 aliphatic rings. The number of hydrogen-bond donors (Lipinski definition) is 0. The van der Waals surface area contributed by atoms with Gasteiger partial charge in [-0.2, -0.15) is 0 Å². The molecule has 5 rings (SSSR count). The highest BCUT2D eigenvalue weighted by molar-refractivity contribution is 7.26. The van der Waals surface area contributed by atoms with Gasteiger partial charge < -0.3 is 0 Å². The third kappa shape index (κ3) is 1.69. The summed E-state index contributed by atoms with van der Waals surface area (Å²) in [4.78, 5) is 0. The predicted molar refractivity (Wildman–Crippen MR) is 99.4 cm³/mol. The minimum Gasteiger partial charge on any atom is -0.134 e. The summed E-state index contributed by atoms with van der Waals surface area (Å²) < 4.78 is 2.94. The first-order valence-electron chi connectivity index (χ1n) is 7.92. The summed E-state index contributed by atoms with van der Waals surface area (Å²) in [5.41, 5.74) is 5.70. The van der Waals surface area contributed by atoms with Crippen molar-refractivity contribution in [3.05, 3.63) is 64.7 Å². The molecule has 2 aliphatic carbocycles. The molecule has 0 unspecified atom stereocenters. The van der Waals surface area contributed by atoms with E-state index in [4.69, 9.17) is 0 Å². The summed E-state index contributed by atoms with van der Waals surface area (Å²) >= 11 is 1.98. The fourth-order valence-corrected chi connectivity index (χ4v) is 5.06. The van der Waals surface area contributed by atoms with Crippen molar-refractivity contribution < 1.29 is 0 Å². The van der Waals surface area contributed by atoms with Gasteiger partial charge in [-0.25, -0.2) is 0 Å². The quantitative estimate of drug-likeness (QED) is 0.448. The van der Waals surface area contributed by atoms with Crippen molar-refractivity contribution in [3.63, 3.8) is 0 Å². The van der Waals surface area contributed by atoms with Crippen molar-refractivity contribution >= 4 is 49.7 Å². The van der Waals surface area contributed by atoms with Gasteiger partial charge in [0.15, 0.2) is 0 Å². The molecule has 1 aromatic heterocycles. The molecule has 0 nitrogen and oxygen atoms in total. The highest BCUT2D eigenvalue weighted by atomic mass is 32.1. The molecule has 0 bridgehead atoms. The van der Waals surface area contributed by atoms with E-state index in [1.165, 1.54) is 49.7 Å². The maximum absolute atomic E-state index is 2.31. The molecule has 0 fully saturated rings. The molecule has 0 radical (unpaired) electrons. The number of thiophene rings is 1. The van der Waals surface area contributed by atoms with Gasteiger partial charge in [0.05, 0.1) is 0 Å². The molecule has 0 aliphatic heterocycles. The van der Waals surface area contributed by atoms with E-state index in [-0.39, 0.29) is 0 Å². The van der Waals surface area contributed by atoms with Gasteiger partial charge in [-0.1, -0.05) is 60.7 Å².